The Bertz CT molecular complexity index is 407. The molecule has 1 N–H and O–H groups in total. The predicted molar refractivity (Wildman–Crippen MR) is 72.2 cm³/mol. The third-order valence-electron chi connectivity index (χ3n) is 2.76. The second-order valence-corrected chi connectivity index (χ2v) is 5.50. The average Bonchev–Trinajstić information content (AvgIpc) is 2.84. The number of halogens is 1. The van der Waals surface area contributed by atoms with Crippen LogP contribution in [0.5, 0.6) is 0 Å². The third-order valence-corrected chi connectivity index (χ3v) is 4.06. The van der Waals surface area contributed by atoms with E-state index in [1.807, 2.05) is 31.3 Å². The number of nitrogens with one attached hydrogen (secondary N) is 1. The fourth-order valence-corrected chi connectivity index (χ4v) is 2.91. The highest BCUT2D eigenvalue weighted by Crippen LogP contribution is 2.18. The van der Waals surface area contributed by atoms with Gasteiger partial charge in [0.15, 0.2) is 0 Å². The van der Waals surface area contributed by atoms with Gasteiger partial charge in [-0.3, -0.25) is 10.1 Å². The maximum atomic E-state index is 12.1. The number of rotatable bonds is 3. The molecule has 1 aliphatic rings. The lowest BCUT2D eigenvalue weighted by Crippen LogP contribution is -2.42. The highest BCUT2D eigenvalue weighted by atomic mass is 35.5. The number of hydrogen-bond donors (Lipinski definition) is 1. The van der Waals surface area contributed by atoms with Gasteiger partial charge in [0.05, 0.1) is 6.04 Å². The van der Waals surface area contributed by atoms with Gasteiger partial charge < -0.3 is 4.90 Å². The Balaban J connectivity index is 1.99. The summed E-state index contributed by atoms with van der Waals surface area (Å²) in [4.78, 5) is 13.8. The largest absolute Gasteiger partial charge is 0.340 e. The molecule has 1 aliphatic heterocycles. The van der Waals surface area contributed by atoms with Crippen LogP contribution < -0.4 is 5.32 Å². The zero-order chi connectivity index (χ0) is 12.3. The SMILES string of the molecule is CN(Cc1ccccc1Cl)C(=O)[C@@H]1CSCN1. The van der Waals surface area contributed by atoms with E-state index in [0.717, 1.165) is 17.2 Å². The van der Waals surface area contributed by atoms with Crippen molar-refractivity contribution >= 4 is 29.3 Å². The van der Waals surface area contributed by atoms with Crippen molar-refractivity contribution in [3.05, 3.63) is 34.9 Å². The smallest absolute Gasteiger partial charge is 0.240 e. The van der Waals surface area contributed by atoms with Crippen molar-refractivity contribution < 1.29 is 4.79 Å². The molecule has 0 aliphatic carbocycles. The molecule has 1 atom stereocenters. The van der Waals surface area contributed by atoms with E-state index < -0.39 is 0 Å². The Morgan fingerprint density at radius 2 is 2.35 bits per heavy atom. The number of thioether (sulfide) groups is 1. The van der Waals surface area contributed by atoms with Gasteiger partial charge >= 0.3 is 0 Å². The second-order valence-electron chi connectivity index (χ2n) is 4.06. The lowest BCUT2D eigenvalue weighted by Gasteiger charge is -2.21. The zero-order valence-corrected chi connectivity index (χ0v) is 11.2. The van der Waals surface area contributed by atoms with E-state index in [0.29, 0.717) is 11.6 Å². The van der Waals surface area contributed by atoms with Gasteiger partial charge in [-0.2, -0.15) is 0 Å². The molecular formula is C12H15ClN2OS. The Hall–Kier alpha value is -0.710. The van der Waals surface area contributed by atoms with Crippen LogP contribution in [0, 0.1) is 0 Å². The van der Waals surface area contributed by atoms with E-state index in [1.165, 1.54) is 0 Å². The van der Waals surface area contributed by atoms with Crippen LogP contribution in [0.1, 0.15) is 5.56 Å². The monoisotopic (exact) mass is 270 g/mol. The Morgan fingerprint density at radius 1 is 1.59 bits per heavy atom. The molecule has 1 aromatic rings. The number of hydrogen-bond acceptors (Lipinski definition) is 3. The van der Waals surface area contributed by atoms with Gasteiger partial charge in [-0.1, -0.05) is 29.8 Å². The number of nitrogens with zero attached hydrogens (tertiary/aromatic N) is 1. The summed E-state index contributed by atoms with van der Waals surface area (Å²) in [5.41, 5.74) is 0.982. The first kappa shape index (κ1) is 12.7. The van der Waals surface area contributed by atoms with Crippen molar-refractivity contribution in [3.63, 3.8) is 0 Å². The van der Waals surface area contributed by atoms with Crippen LogP contribution in [-0.4, -0.2) is 35.5 Å². The second kappa shape index (κ2) is 5.76. The summed E-state index contributed by atoms with van der Waals surface area (Å²) < 4.78 is 0. The standard InChI is InChI=1S/C12H15ClN2OS/c1-15(12(16)11-7-17-8-14-11)6-9-4-2-3-5-10(9)13/h2-5,11,14H,6-8H2,1H3/t11-/m0/s1. The summed E-state index contributed by atoms with van der Waals surface area (Å²) >= 11 is 7.83. The first-order valence-electron chi connectivity index (χ1n) is 5.48. The molecule has 1 saturated heterocycles. The molecule has 92 valence electrons. The molecule has 0 radical (unpaired) electrons. The molecular weight excluding hydrogens is 256 g/mol. The zero-order valence-electron chi connectivity index (χ0n) is 9.65. The molecule has 3 nitrogen and oxygen atoms in total. The number of likely N-dealkylation sites (N-methyl/N-ethyl adjacent to an activating group) is 1. The average molecular weight is 271 g/mol. The summed E-state index contributed by atoms with van der Waals surface area (Å²) in [6, 6.07) is 7.57. The summed E-state index contributed by atoms with van der Waals surface area (Å²) in [5, 5.41) is 3.89. The molecule has 0 aromatic heterocycles. The molecule has 0 bridgehead atoms. The van der Waals surface area contributed by atoms with Crippen LogP contribution in [0.2, 0.25) is 5.02 Å². The Kier molecular flexibility index (Phi) is 4.31. The van der Waals surface area contributed by atoms with E-state index in [9.17, 15) is 4.79 Å². The van der Waals surface area contributed by atoms with Crippen LogP contribution in [-0.2, 0) is 11.3 Å². The van der Waals surface area contributed by atoms with Gasteiger partial charge in [0.1, 0.15) is 0 Å². The van der Waals surface area contributed by atoms with Crippen molar-refractivity contribution in [3.8, 4) is 0 Å². The topological polar surface area (TPSA) is 32.3 Å². The molecule has 0 saturated carbocycles. The van der Waals surface area contributed by atoms with Gasteiger partial charge in [-0.05, 0) is 11.6 Å². The molecule has 0 spiro atoms. The van der Waals surface area contributed by atoms with Gasteiger partial charge in [0.25, 0.3) is 0 Å². The van der Waals surface area contributed by atoms with E-state index in [2.05, 4.69) is 5.32 Å². The predicted octanol–water partition coefficient (Wildman–Crippen LogP) is 1.96. The lowest BCUT2D eigenvalue weighted by atomic mass is 10.2. The van der Waals surface area contributed by atoms with Gasteiger partial charge in [-0.25, -0.2) is 0 Å². The van der Waals surface area contributed by atoms with Gasteiger partial charge in [0.2, 0.25) is 5.91 Å². The number of carbonyl (C=O) groups is 1. The highest BCUT2D eigenvalue weighted by molar-refractivity contribution is 7.99. The molecule has 1 fully saturated rings. The quantitative estimate of drug-likeness (QED) is 0.911. The maximum Gasteiger partial charge on any atom is 0.240 e. The number of carbonyl (C=O) groups excluding carboxylic acids is 1. The fourth-order valence-electron chi connectivity index (χ4n) is 1.78. The fraction of sp³-hybridized carbons (Fsp3) is 0.417. The van der Waals surface area contributed by atoms with E-state index in [-0.39, 0.29) is 11.9 Å². The maximum absolute atomic E-state index is 12.1. The first-order valence-corrected chi connectivity index (χ1v) is 7.01. The summed E-state index contributed by atoms with van der Waals surface area (Å²) in [5.74, 6) is 1.84. The number of amides is 1. The van der Waals surface area contributed by atoms with Gasteiger partial charge in [0, 0.05) is 30.2 Å². The molecule has 1 amide bonds. The first-order chi connectivity index (χ1) is 8.18. The molecule has 5 heteroatoms. The van der Waals surface area contributed by atoms with Crippen molar-refractivity contribution in [1.29, 1.82) is 0 Å². The molecule has 0 unspecified atom stereocenters. The van der Waals surface area contributed by atoms with Crippen LogP contribution in [0.25, 0.3) is 0 Å². The van der Waals surface area contributed by atoms with Gasteiger partial charge in [-0.15, -0.1) is 11.8 Å². The molecule has 2 rings (SSSR count). The summed E-state index contributed by atoms with van der Waals surface area (Å²) in [6.07, 6.45) is 0. The van der Waals surface area contributed by atoms with E-state index in [4.69, 9.17) is 11.6 Å². The van der Waals surface area contributed by atoms with Crippen molar-refractivity contribution in [2.24, 2.45) is 0 Å². The van der Waals surface area contributed by atoms with Crippen molar-refractivity contribution in [2.75, 3.05) is 18.7 Å². The minimum atomic E-state index is -0.0486. The van der Waals surface area contributed by atoms with Crippen LogP contribution in [0.4, 0.5) is 0 Å². The number of benzene rings is 1. The van der Waals surface area contributed by atoms with Crippen LogP contribution >= 0.6 is 23.4 Å². The Morgan fingerprint density at radius 3 is 3.00 bits per heavy atom. The summed E-state index contributed by atoms with van der Waals surface area (Å²) in [6.45, 7) is 0.557. The molecule has 1 heterocycles. The van der Waals surface area contributed by atoms with Crippen molar-refractivity contribution in [1.82, 2.24) is 10.2 Å². The summed E-state index contributed by atoms with van der Waals surface area (Å²) in [7, 11) is 1.82. The van der Waals surface area contributed by atoms with Crippen molar-refractivity contribution in [2.45, 2.75) is 12.6 Å². The van der Waals surface area contributed by atoms with Crippen LogP contribution in [0.15, 0.2) is 24.3 Å². The van der Waals surface area contributed by atoms with Crippen LogP contribution in [0.3, 0.4) is 0 Å². The minimum Gasteiger partial charge on any atom is -0.340 e. The normalized spacial score (nSPS) is 19.3. The third kappa shape index (κ3) is 3.15. The lowest BCUT2D eigenvalue weighted by molar-refractivity contribution is -0.131. The van der Waals surface area contributed by atoms with E-state index >= 15 is 0 Å². The van der Waals surface area contributed by atoms with E-state index in [1.54, 1.807) is 16.7 Å². The molecule has 17 heavy (non-hydrogen) atoms. The Labute approximate surface area is 111 Å². The minimum absolute atomic E-state index is 0.0486. The molecule has 1 aromatic carbocycles. The highest BCUT2D eigenvalue weighted by Gasteiger charge is 2.25.